The average Bonchev–Trinajstić information content (AvgIpc) is 3.20. The lowest BCUT2D eigenvalue weighted by Crippen LogP contribution is -2.23. The van der Waals surface area contributed by atoms with Gasteiger partial charge in [-0.3, -0.25) is 14.4 Å². The third kappa shape index (κ3) is 8.77. The van der Waals surface area contributed by atoms with Crippen molar-refractivity contribution in [3.8, 4) is 0 Å². The van der Waals surface area contributed by atoms with E-state index >= 15 is 0 Å². The largest absolute Gasteiger partial charge is 0.461 e. The fourth-order valence-corrected chi connectivity index (χ4v) is 12.0. The highest BCUT2D eigenvalue weighted by molar-refractivity contribution is 7.94. The minimum absolute atomic E-state index is 0.0921. The van der Waals surface area contributed by atoms with Crippen LogP contribution < -0.4 is 21.2 Å². The van der Waals surface area contributed by atoms with Gasteiger partial charge in [0.15, 0.2) is 0 Å². The van der Waals surface area contributed by atoms with E-state index in [9.17, 15) is 28.6 Å². The summed E-state index contributed by atoms with van der Waals surface area (Å²) in [6, 6.07) is 42.9. The summed E-state index contributed by atoms with van der Waals surface area (Å²) in [7, 11) is -7.08. The SMILES string of the molecule is CC(=O)OCc1cc(C)c(C(=O)P(=O)(c2ccccc2)c2ccccc2)c(C)c1.Cc1cc(CO)cc(C)c1C(=O)P(=O)(c1ccccc1)c1ccccc1. The molecule has 0 aliphatic rings. The van der Waals surface area contributed by atoms with Crippen LogP contribution in [-0.4, -0.2) is 22.1 Å². The summed E-state index contributed by atoms with van der Waals surface area (Å²) in [6.07, 6.45) is 0. The van der Waals surface area contributed by atoms with Crippen LogP contribution >= 0.6 is 14.3 Å². The topological polar surface area (TPSA) is 115 Å². The summed E-state index contributed by atoms with van der Waals surface area (Å²) in [5.41, 5.74) is 4.58. The van der Waals surface area contributed by atoms with Gasteiger partial charge in [0.05, 0.1) is 6.61 Å². The van der Waals surface area contributed by atoms with Crippen molar-refractivity contribution in [2.75, 3.05) is 0 Å². The van der Waals surface area contributed by atoms with Crippen molar-refractivity contribution < 1.29 is 33.4 Å². The number of aliphatic hydroxyl groups excluding tert-OH is 1. The Hall–Kier alpha value is -5.45. The third-order valence-electron chi connectivity index (χ3n) is 9.29. The highest BCUT2D eigenvalue weighted by atomic mass is 31.2. The molecular formula is C46H44O7P2. The van der Waals surface area contributed by atoms with Crippen LogP contribution in [0.1, 0.15) is 61.0 Å². The predicted octanol–water partition coefficient (Wildman–Crippen LogP) is 8.47. The molecule has 0 saturated heterocycles. The summed E-state index contributed by atoms with van der Waals surface area (Å²) in [4.78, 5) is 38.4. The van der Waals surface area contributed by atoms with Gasteiger partial charge >= 0.3 is 5.97 Å². The maximum Gasteiger partial charge on any atom is 0.302 e. The molecule has 6 aromatic rings. The van der Waals surface area contributed by atoms with Crippen LogP contribution in [0.5, 0.6) is 0 Å². The van der Waals surface area contributed by atoms with Gasteiger partial charge in [0.1, 0.15) is 6.61 Å². The van der Waals surface area contributed by atoms with Gasteiger partial charge in [-0.1, -0.05) is 146 Å². The van der Waals surface area contributed by atoms with Crippen molar-refractivity contribution in [2.45, 2.75) is 47.8 Å². The standard InChI is InChI=1S/C24H23O4P.C22H21O3P/c1-17-14-20(16-28-19(3)25)15-18(2)23(17)24(26)29(27,21-10-6-4-7-11-21)22-12-8-5-9-13-22;1-16-13-18(15-23)14-17(2)21(16)22(24)26(25,19-9-5-3-6-10-19)20-11-7-4-8-12-20/h4-15H,16H2,1-3H3;3-14,23H,15H2,1-2H3. The molecule has 0 saturated carbocycles. The molecule has 6 rings (SSSR count). The number of aryl methyl sites for hydroxylation is 4. The van der Waals surface area contributed by atoms with Crippen LogP contribution in [0.15, 0.2) is 146 Å². The Labute approximate surface area is 322 Å². The molecule has 0 aromatic heterocycles. The van der Waals surface area contributed by atoms with E-state index < -0.39 is 14.3 Å². The monoisotopic (exact) mass is 770 g/mol. The van der Waals surface area contributed by atoms with E-state index in [2.05, 4.69) is 0 Å². The molecule has 0 amide bonds. The minimum Gasteiger partial charge on any atom is -0.461 e. The number of benzene rings is 6. The van der Waals surface area contributed by atoms with Crippen LogP contribution in [0.2, 0.25) is 0 Å². The number of esters is 1. The van der Waals surface area contributed by atoms with Gasteiger partial charge in [0.25, 0.3) is 0 Å². The first-order chi connectivity index (χ1) is 26.3. The van der Waals surface area contributed by atoms with Crippen molar-refractivity contribution in [2.24, 2.45) is 0 Å². The lowest BCUT2D eigenvalue weighted by atomic mass is 10.0. The van der Waals surface area contributed by atoms with Gasteiger partial charge in [0, 0.05) is 39.3 Å². The average molecular weight is 771 g/mol. The molecule has 280 valence electrons. The lowest BCUT2D eigenvalue weighted by Gasteiger charge is -2.21. The normalized spacial score (nSPS) is 11.2. The molecule has 0 aliphatic heterocycles. The summed E-state index contributed by atoms with van der Waals surface area (Å²) in [5.74, 6) is -0.363. The van der Waals surface area contributed by atoms with E-state index in [1.54, 1.807) is 109 Å². The van der Waals surface area contributed by atoms with Gasteiger partial charge in [0.2, 0.25) is 25.3 Å². The van der Waals surface area contributed by atoms with Gasteiger partial charge in [-0.25, -0.2) is 0 Å². The third-order valence-corrected chi connectivity index (χ3v) is 15.0. The molecule has 7 nitrogen and oxygen atoms in total. The first kappa shape index (κ1) is 40.7. The van der Waals surface area contributed by atoms with Crippen molar-refractivity contribution in [1.29, 1.82) is 0 Å². The second-order valence-electron chi connectivity index (χ2n) is 13.3. The molecule has 0 spiro atoms. The number of hydrogen-bond acceptors (Lipinski definition) is 7. The van der Waals surface area contributed by atoms with Crippen LogP contribution in [0.4, 0.5) is 0 Å². The van der Waals surface area contributed by atoms with Crippen molar-refractivity contribution in [3.05, 3.63) is 190 Å². The fraction of sp³-hybridized carbons (Fsp3) is 0.152. The molecule has 0 bridgehead atoms. The highest BCUT2D eigenvalue weighted by Gasteiger charge is 2.39. The molecule has 0 fully saturated rings. The van der Waals surface area contributed by atoms with Crippen molar-refractivity contribution in [3.63, 3.8) is 0 Å². The van der Waals surface area contributed by atoms with E-state index in [4.69, 9.17) is 4.74 Å². The predicted molar refractivity (Wildman–Crippen MR) is 221 cm³/mol. The first-order valence-corrected chi connectivity index (χ1v) is 21.2. The number of rotatable bonds is 11. The van der Waals surface area contributed by atoms with Gasteiger partial charge in [-0.15, -0.1) is 0 Å². The summed E-state index contributed by atoms with van der Waals surface area (Å²) in [5, 5.41) is 11.5. The first-order valence-electron chi connectivity index (χ1n) is 17.8. The van der Waals surface area contributed by atoms with Gasteiger partial charge < -0.3 is 19.0 Å². The van der Waals surface area contributed by atoms with Gasteiger partial charge in [-0.2, -0.15) is 0 Å². The number of hydrogen-bond donors (Lipinski definition) is 1. The lowest BCUT2D eigenvalue weighted by molar-refractivity contribution is -0.142. The Morgan fingerprint density at radius 1 is 0.491 bits per heavy atom. The quantitative estimate of drug-likeness (QED) is 0.104. The smallest absolute Gasteiger partial charge is 0.302 e. The maximum absolute atomic E-state index is 14.3. The molecule has 6 aromatic carbocycles. The minimum atomic E-state index is -3.56. The zero-order valence-corrected chi connectivity index (χ0v) is 33.4. The molecule has 0 unspecified atom stereocenters. The Morgan fingerprint density at radius 3 is 1.02 bits per heavy atom. The van der Waals surface area contributed by atoms with E-state index in [0.29, 0.717) is 43.5 Å². The Kier molecular flexibility index (Phi) is 13.2. The summed E-state index contributed by atoms with van der Waals surface area (Å²) < 4.78 is 33.5. The zero-order valence-electron chi connectivity index (χ0n) is 31.6. The Balaban J connectivity index is 0.000000212. The highest BCUT2D eigenvalue weighted by Crippen LogP contribution is 2.49. The Bertz CT molecular complexity index is 2280. The second kappa shape index (κ2) is 17.8. The molecule has 1 N–H and O–H groups in total. The summed E-state index contributed by atoms with van der Waals surface area (Å²) in [6.45, 7) is 8.67. The number of aliphatic hydroxyl groups is 1. The van der Waals surface area contributed by atoms with E-state index in [1.165, 1.54) is 6.92 Å². The zero-order chi connectivity index (χ0) is 39.8. The molecule has 0 heterocycles. The van der Waals surface area contributed by atoms with Crippen LogP contribution in [0.25, 0.3) is 0 Å². The van der Waals surface area contributed by atoms with Crippen LogP contribution in [-0.2, 0) is 31.9 Å². The second-order valence-corrected chi connectivity index (χ2v) is 18.6. The van der Waals surface area contributed by atoms with Gasteiger partial charge in [-0.05, 0) is 61.1 Å². The maximum atomic E-state index is 14.3. The van der Waals surface area contributed by atoms with E-state index in [-0.39, 0.29) is 30.2 Å². The molecular weight excluding hydrogens is 726 g/mol. The fourth-order valence-electron chi connectivity index (χ4n) is 6.77. The summed E-state index contributed by atoms with van der Waals surface area (Å²) >= 11 is 0. The molecule has 55 heavy (non-hydrogen) atoms. The molecule has 0 atom stereocenters. The van der Waals surface area contributed by atoms with E-state index in [1.807, 2.05) is 64.1 Å². The van der Waals surface area contributed by atoms with Crippen LogP contribution in [0, 0.1) is 27.7 Å². The van der Waals surface area contributed by atoms with Crippen molar-refractivity contribution >= 4 is 52.5 Å². The number of carbonyl (C=O) groups excluding carboxylic acids is 3. The Morgan fingerprint density at radius 2 is 0.764 bits per heavy atom. The molecule has 0 radical (unpaired) electrons. The molecule has 0 aliphatic carbocycles. The van der Waals surface area contributed by atoms with Crippen molar-refractivity contribution in [1.82, 2.24) is 0 Å². The number of carbonyl (C=O) groups is 3. The molecule has 9 heteroatoms. The van der Waals surface area contributed by atoms with E-state index in [0.717, 1.165) is 22.3 Å². The number of ether oxygens (including phenoxy) is 1. The van der Waals surface area contributed by atoms with Crippen LogP contribution in [0.3, 0.4) is 0 Å².